The molecule has 2 aromatic carbocycles. The van der Waals surface area contributed by atoms with Gasteiger partial charge in [-0.15, -0.1) is 0 Å². The summed E-state index contributed by atoms with van der Waals surface area (Å²) in [6.45, 7) is 5.54. The highest BCUT2D eigenvalue weighted by Gasteiger charge is 2.18. The van der Waals surface area contributed by atoms with E-state index in [2.05, 4.69) is 51.7 Å². The Morgan fingerprint density at radius 3 is 2.71 bits per heavy atom. The summed E-state index contributed by atoms with van der Waals surface area (Å²) in [6, 6.07) is 18.6. The number of nitrogens with one attached hydrogen (secondary N) is 1. The van der Waals surface area contributed by atoms with E-state index in [0.29, 0.717) is 13.2 Å². The van der Waals surface area contributed by atoms with Crippen molar-refractivity contribution in [2.45, 2.75) is 38.6 Å². The van der Waals surface area contributed by atoms with Crippen molar-refractivity contribution in [3.05, 3.63) is 83.7 Å². The molecule has 1 aromatic heterocycles. The third-order valence-electron chi connectivity index (χ3n) is 5.67. The van der Waals surface area contributed by atoms with E-state index in [9.17, 15) is 5.11 Å². The van der Waals surface area contributed by atoms with E-state index < -0.39 is 6.10 Å². The van der Waals surface area contributed by atoms with E-state index in [1.54, 1.807) is 0 Å². The summed E-state index contributed by atoms with van der Waals surface area (Å²) < 4.78 is 7.76. The van der Waals surface area contributed by atoms with E-state index in [1.165, 1.54) is 16.7 Å². The molecule has 1 atom stereocenters. The molecule has 6 nitrogen and oxygen atoms in total. The SMILES string of the molecule is OC(COc1ccc(CNCCCn2cccn2)cc1)CN1CCc2ccccc2C1. The predicted octanol–water partition coefficient (Wildman–Crippen LogP) is 2.86. The van der Waals surface area contributed by atoms with Crippen molar-refractivity contribution in [1.29, 1.82) is 0 Å². The van der Waals surface area contributed by atoms with Crippen LogP contribution in [-0.4, -0.2) is 52.1 Å². The molecule has 6 heteroatoms. The van der Waals surface area contributed by atoms with Crippen LogP contribution in [0.5, 0.6) is 5.75 Å². The smallest absolute Gasteiger partial charge is 0.119 e. The normalized spacial score (nSPS) is 14.9. The standard InChI is InChI=1S/C25H32N4O2/c30-24(19-28-16-11-22-5-1-2-6-23(22)18-28)20-31-25-9-7-21(8-10-25)17-26-12-3-14-29-15-4-13-27-29/h1-2,4-10,13,15,24,26,30H,3,11-12,14,16-20H2. The zero-order chi connectivity index (χ0) is 21.3. The van der Waals surface area contributed by atoms with E-state index in [4.69, 9.17) is 4.74 Å². The van der Waals surface area contributed by atoms with Crippen molar-refractivity contribution in [1.82, 2.24) is 20.0 Å². The molecule has 0 fully saturated rings. The quantitative estimate of drug-likeness (QED) is 0.467. The summed E-state index contributed by atoms with van der Waals surface area (Å²) in [4.78, 5) is 2.30. The number of ether oxygens (including phenoxy) is 1. The monoisotopic (exact) mass is 420 g/mol. The van der Waals surface area contributed by atoms with Crippen LogP contribution in [0.2, 0.25) is 0 Å². The average Bonchev–Trinajstić information content (AvgIpc) is 3.32. The van der Waals surface area contributed by atoms with Gasteiger partial charge in [-0.2, -0.15) is 5.10 Å². The maximum atomic E-state index is 10.4. The Kier molecular flexibility index (Phi) is 7.71. The van der Waals surface area contributed by atoms with Crippen LogP contribution in [0.3, 0.4) is 0 Å². The van der Waals surface area contributed by atoms with Crippen LogP contribution < -0.4 is 10.1 Å². The zero-order valence-electron chi connectivity index (χ0n) is 18.0. The topological polar surface area (TPSA) is 62.6 Å². The first-order valence-electron chi connectivity index (χ1n) is 11.1. The number of fused-ring (bicyclic) bond motifs is 1. The number of aliphatic hydroxyl groups is 1. The van der Waals surface area contributed by atoms with E-state index in [0.717, 1.165) is 51.3 Å². The largest absolute Gasteiger partial charge is 0.491 e. The van der Waals surface area contributed by atoms with Gasteiger partial charge in [0, 0.05) is 45.1 Å². The third kappa shape index (κ3) is 6.66. The van der Waals surface area contributed by atoms with Crippen LogP contribution in [0.25, 0.3) is 0 Å². The number of aromatic nitrogens is 2. The molecule has 0 saturated carbocycles. The molecular weight excluding hydrogens is 388 g/mol. The van der Waals surface area contributed by atoms with Crippen LogP contribution in [0.1, 0.15) is 23.1 Å². The molecular formula is C25H32N4O2. The molecule has 1 aliphatic heterocycles. The summed E-state index contributed by atoms with van der Waals surface area (Å²) in [7, 11) is 0. The molecule has 31 heavy (non-hydrogen) atoms. The molecule has 1 unspecified atom stereocenters. The lowest BCUT2D eigenvalue weighted by atomic mass is 10.00. The Balaban J connectivity index is 1.12. The molecule has 2 N–H and O–H groups in total. The molecule has 0 saturated heterocycles. The van der Waals surface area contributed by atoms with Gasteiger partial charge in [0.05, 0.1) is 0 Å². The van der Waals surface area contributed by atoms with Crippen molar-refractivity contribution < 1.29 is 9.84 Å². The van der Waals surface area contributed by atoms with Gasteiger partial charge in [-0.1, -0.05) is 36.4 Å². The molecule has 0 aliphatic carbocycles. The maximum Gasteiger partial charge on any atom is 0.119 e. The molecule has 4 rings (SSSR count). The highest BCUT2D eigenvalue weighted by Crippen LogP contribution is 2.19. The second kappa shape index (κ2) is 11.1. The highest BCUT2D eigenvalue weighted by molar-refractivity contribution is 5.29. The van der Waals surface area contributed by atoms with E-state index in [-0.39, 0.29) is 0 Å². The van der Waals surface area contributed by atoms with Gasteiger partial charge in [0.1, 0.15) is 18.5 Å². The minimum atomic E-state index is -0.499. The third-order valence-corrected chi connectivity index (χ3v) is 5.67. The fourth-order valence-corrected chi connectivity index (χ4v) is 3.99. The van der Waals surface area contributed by atoms with Crippen molar-refractivity contribution in [2.75, 3.05) is 26.2 Å². The van der Waals surface area contributed by atoms with E-state index >= 15 is 0 Å². The summed E-state index contributed by atoms with van der Waals surface area (Å²) in [5.41, 5.74) is 4.02. The number of aliphatic hydroxyl groups excluding tert-OH is 1. The minimum absolute atomic E-state index is 0.309. The van der Waals surface area contributed by atoms with Gasteiger partial charge in [-0.25, -0.2) is 0 Å². The summed E-state index contributed by atoms with van der Waals surface area (Å²) in [6.07, 6.45) is 5.39. The van der Waals surface area contributed by atoms with Crippen molar-refractivity contribution in [3.63, 3.8) is 0 Å². The highest BCUT2D eigenvalue weighted by atomic mass is 16.5. The number of rotatable bonds is 11. The fraction of sp³-hybridized carbons (Fsp3) is 0.400. The van der Waals surface area contributed by atoms with Crippen LogP contribution in [0.4, 0.5) is 0 Å². The van der Waals surface area contributed by atoms with Crippen molar-refractivity contribution in [2.24, 2.45) is 0 Å². The second-order valence-corrected chi connectivity index (χ2v) is 8.16. The minimum Gasteiger partial charge on any atom is -0.491 e. The Morgan fingerprint density at radius 1 is 1.06 bits per heavy atom. The number of aryl methyl sites for hydroxylation is 1. The first-order chi connectivity index (χ1) is 15.3. The number of nitrogens with zero attached hydrogens (tertiary/aromatic N) is 3. The van der Waals surface area contributed by atoms with Gasteiger partial charge in [-0.3, -0.25) is 9.58 Å². The number of β-amino-alcohol motifs (C(OH)–C–C–N with tert-alkyl or cyclic N) is 1. The van der Waals surface area contributed by atoms with Gasteiger partial charge in [-0.05, 0) is 54.3 Å². The molecule has 0 radical (unpaired) electrons. The van der Waals surface area contributed by atoms with Gasteiger partial charge < -0.3 is 15.2 Å². The predicted molar refractivity (Wildman–Crippen MR) is 122 cm³/mol. The number of hydrogen-bond donors (Lipinski definition) is 2. The summed E-state index contributed by atoms with van der Waals surface area (Å²) >= 11 is 0. The van der Waals surface area contributed by atoms with Crippen molar-refractivity contribution >= 4 is 0 Å². The Hall–Kier alpha value is -2.67. The molecule has 0 bridgehead atoms. The number of benzene rings is 2. The molecule has 0 spiro atoms. The molecule has 1 aliphatic rings. The van der Waals surface area contributed by atoms with Gasteiger partial charge in [0.15, 0.2) is 0 Å². The Morgan fingerprint density at radius 2 is 1.90 bits per heavy atom. The van der Waals surface area contributed by atoms with E-state index in [1.807, 2.05) is 35.3 Å². The number of hydrogen-bond acceptors (Lipinski definition) is 5. The van der Waals surface area contributed by atoms with Crippen LogP contribution in [0, 0.1) is 0 Å². The van der Waals surface area contributed by atoms with Gasteiger partial charge in [0.25, 0.3) is 0 Å². The lowest BCUT2D eigenvalue weighted by Gasteiger charge is -2.30. The Bertz CT molecular complexity index is 912. The van der Waals surface area contributed by atoms with Gasteiger partial charge in [0.2, 0.25) is 0 Å². The average molecular weight is 421 g/mol. The van der Waals surface area contributed by atoms with Crippen LogP contribution in [0.15, 0.2) is 67.0 Å². The molecule has 0 amide bonds. The Labute approximate surface area is 184 Å². The second-order valence-electron chi connectivity index (χ2n) is 8.16. The first kappa shape index (κ1) is 21.6. The lowest BCUT2D eigenvalue weighted by molar-refractivity contribution is 0.0638. The zero-order valence-corrected chi connectivity index (χ0v) is 18.0. The lowest BCUT2D eigenvalue weighted by Crippen LogP contribution is -2.38. The van der Waals surface area contributed by atoms with Crippen molar-refractivity contribution in [3.8, 4) is 5.75 Å². The molecule has 164 valence electrons. The molecule has 2 heterocycles. The first-order valence-corrected chi connectivity index (χ1v) is 11.1. The van der Waals surface area contributed by atoms with Crippen LogP contribution >= 0.6 is 0 Å². The maximum absolute atomic E-state index is 10.4. The fourth-order valence-electron chi connectivity index (χ4n) is 3.99. The van der Waals surface area contributed by atoms with Crippen LogP contribution in [-0.2, 0) is 26.1 Å². The summed E-state index contributed by atoms with van der Waals surface area (Å²) in [5.74, 6) is 0.797. The molecule has 3 aromatic rings. The summed E-state index contributed by atoms with van der Waals surface area (Å²) in [5, 5.41) is 18.1. The van der Waals surface area contributed by atoms with Gasteiger partial charge >= 0.3 is 0 Å².